The highest BCUT2D eigenvalue weighted by molar-refractivity contribution is 5.94. The molecule has 0 aliphatic carbocycles. The van der Waals surface area contributed by atoms with Crippen LogP contribution >= 0.6 is 0 Å². The lowest BCUT2D eigenvalue weighted by Gasteiger charge is -2.20. The highest BCUT2D eigenvalue weighted by Gasteiger charge is 2.32. The van der Waals surface area contributed by atoms with Gasteiger partial charge < -0.3 is 15.2 Å². The van der Waals surface area contributed by atoms with Crippen LogP contribution in [0.2, 0.25) is 0 Å². The van der Waals surface area contributed by atoms with E-state index in [1.807, 2.05) is 24.3 Å². The quantitative estimate of drug-likeness (QED) is 0.841. The van der Waals surface area contributed by atoms with E-state index in [-0.39, 0.29) is 12.5 Å². The number of aliphatic hydroxyl groups is 1. The van der Waals surface area contributed by atoms with E-state index in [2.05, 4.69) is 12.2 Å². The van der Waals surface area contributed by atoms with Gasteiger partial charge in [-0.3, -0.25) is 4.79 Å². The van der Waals surface area contributed by atoms with Crippen LogP contribution in [0.3, 0.4) is 0 Å². The van der Waals surface area contributed by atoms with Gasteiger partial charge in [0.05, 0.1) is 6.61 Å². The summed E-state index contributed by atoms with van der Waals surface area (Å²) >= 11 is 0. The number of rotatable bonds is 4. The fourth-order valence-electron chi connectivity index (χ4n) is 1.97. The van der Waals surface area contributed by atoms with Crippen molar-refractivity contribution in [2.75, 3.05) is 19.8 Å². The molecule has 1 atom stereocenters. The summed E-state index contributed by atoms with van der Waals surface area (Å²) < 4.78 is 5.13. The minimum atomic E-state index is -0.904. The Balaban J connectivity index is 1.90. The first kappa shape index (κ1) is 13.1. The Labute approximate surface area is 107 Å². The van der Waals surface area contributed by atoms with Gasteiger partial charge >= 0.3 is 0 Å². The number of amides is 1. The third kappa shape index (κ3) is 3.09. The van der Waals surface area contributed by atoms with Crippen molar-refractivity contribution < 1.29 is 14.6 Å². The van der Waals surface area contributed by atoms with E-state index in [0.29, 0.717) is 25.2 Å². The van der Waals surface area contributed by atoms with E-state index in [0.717, 1.165) is 6.42 Å². The van der Waals surface area contributed by atoms with Crippen LogP contribution in [0.15, 0.2) is 24.3 Å². The monoisotopic (exact) mass is 249 g/mol. The van der Waals surface area contributed by atoms with Crippen molar-refractivity contribution in [1.29, 1.82) is 0 Å². The third-order valence-electron chi connectivity index (χ3n) is 3.28. The first-order valence-electron chi connectivity index (χ1n) is 6.30. The van der Waals surface area contributed by atoms with E-state index in [9.17, 15) is 9.90 Å². The van der Waals surface area contributed by atoms with Crippen molar-refractivity contribution in [2.24, 2.45) is 0 Å². The maximum atomic E-state index is 11.9. The Hall–Kier alpha value is -1.39. The van der Waals surface area contributed by atoms with Crippen molar-refractivity contribution >= 4 is 5.91 Å². The Kier molecular flexibility index (Phi) is 3.99. The van der Waals surface area contributed by atoms with Gasteiger partial charge in [0.15, 0.2) is 0 Å². The van der Waals surface area contributed by atoms with Crippen LogP contribution in [-0.4, -0.2) is 36.4 Å². The number of hydrogen-bond acceptors (Lipinski definition) is 3. The van der Waals surface area contributed by atoms with Gasteiger partial charge in [-0.05, 0) is 24.1 Å². The molecule has 0 spiro atoms. The van der Waals surface area contributed by atoms with Crippen LogP contribution in [0.4, 0.5) is 0 Å². The van der Waals surface area contributed by atoms with Crippen molar-refractivity contribution in [3.05, 3.63) is 35.4 Å². The summed E-state index contributed by atoms with van der Waals surface area (Å²) in [7, 11) is 0. The average Bonchev–Trinajstić information content (AvgIpc) is 2.83. The minimum absolute atomic E-state index is 0.155. The molecule has 0 aromatic heterocycles. The second kappa shape index (κ2) is 5.50. The first-order valence-corrected chi connectivity index (χ1v) is 6.30. The van der Waals surface area contributed by atoms with E-state index in [1.165, 1.54) is 5.56 Å². The second-order valence-corrected chi connectivity index (χ2v) is 4.76. The van der Waals surface area contributed by atoms with Crippen LogP contribution in [0.25, 0.3) is 0 Å². The summed E-state index contributed by atoms with van der Waals surface area (Å²) in [4.78, 5) is 11.9. The Morgan fingerprint density at radius 3 is 2.72 bits per heavy atom. The molecule has 4 heteroatoms. The molecule has 1 aromatic carbocycles. The highest BCUT2D eigenvalue weighted by atomic mass is 16.5. The van der Waals surface area contributed by atoms with Gasteiger partial charge in [0.2, 0.25) is 0 Å². The zero-order valence-corrected chi connectivity index (χ0v) is 10.6. The molecule has 1 aromatic rings. The normalized spacial score (nSPS) is 23.0. The second-order valence-electron chi connectivity index (χ2n) is 4.76. The molecule has 18 heavy (non-hydrogen) atoms. The van der Waals surface area contributed by atoms with E-state index in [1.54, 1.807) is 0 Å². The molecule has 2 N–H and O–H groups in total. The molecule has 98 valence electrons. The SMILES string of the molecule is CCc1ccc(C(=O)NCC2(O)CCOC2)cc1. The van der Waals surface area contributed by atoms with Crippen LogP contribution in [0.5, 0.6) is 0 Å². The molecule has 1 fully saturated rings. The maximum Gasteiger partial charge on any atom is 0.251 e. The summed E-state index contributed by atoms with van der Waals surface area (Å²) in [5.74, 6) is -0.155. The minimum Gasteiger partial charge on any atom is -0.386 e. The number of hydrogen-bond donors (Lipinski definition) is 2. The largest absolute Gasteiger partial charge is 0.386 e. The number of aryl methyl sites for hydroxylation is 1. The van der Waals surface area contributed by atoms with Gasteiger partial charge in [-0.15, -0.1) is 0 Å². The summed E-state index contributed by atoms with van der Waals surface area (Å²) in [6.45, 7) is 3.16. The topological polar surface area (TPSA) is 58.6 Å². The van der Waals surface area contributed by atoms with E-state index in [4.69, 9.17) is 4.74 Å². The van der Waals surface area contributed by atoms with Gasteiger partial charge in [0.25, 0.3) is 5.91 Å². The molecular weight excluding hydrogens is 230 g/mol. The Morgan fingerprint density at radius 2 is 2.17 bits per heavy atom. The zero-order chi connectivity index (χ0) is 13.0. The van der Waals surface area contributed by atoms with Crippen LogP contribution in [-0.2, 0) is 11.2 Å². The lowest BCUT2D eigenvalue weighted by atomic mass is 10.0. The van der Waals surface area contributed by atoms with Gasteiger partial charge in [-0.25, -0.2) is 0 Å². The molecule has 0 bridgehead atoms. The summed E-state index contributed by atoms with van der Waals surface area (Å²) in [6.07, 6.45) is 1.53. The van der Waals surface area contributed by atoms with Gasteiger partial charge in [0, 0.05) is 25.1 Å². The Bertz CT molecular complexity index is 408. The fourth-order valence-corrected chi connectivity index (χ4v) is 1.97. The zero-order valence-electron chi connectivity index (χ0n) is 10.6. The lowest BCUT2D eigenvalue weighted by Crippen LogP contribution is -2.43. The molecular formula is C14H19NO3. The lowest BCUT2D eigenvalue weighted by molar-refractivity contribution is 0.0264. The van der Waals surface area contributed by atoms with E-state index < -0.39 is 5.60 Å². The molecule has 0 radical (unpaired) electrons. The number of carbonyl (C=O) groups excluding carboxylic acids is 1. The third-order valence-corrected chi connectivity index (χ3v) is 3.28. The number of benzene rings is 1. The average molecular weight is 249 g/mol. The fraction of sp³-hybridized carbons (Fsp3) is 0.500. The molecule has 1 unspecified atom stereocenters. The highest BCUT2D eigenvalue weighted by Crippen LogP contribution is 2.17. The Morgan fingerprint density at radius 1 is 1.44 bits per heavy atom. The predicted octanol–water partition coefficient (Wildman–Crippen LogP) is 1.13. The number of carbonyl (C=O) groups is 1. The number of ether oxygens (including phenoxy) is 1. The van der Waals surface area contributed by atoms with Crippen molar-refractivity contribution in [2.45, 2.75) is 25.4 Å². The summed E-state index contributed by atoms with van der Waals surface area (Å²) in [6, 6.07) is 7.51. The van der Waals surface area contributed by atoms with Crippen LogP contribution in [0, 0.1) is 0 Å². The predicted molar refractivity (Wildman–Crippen MR) is 68.5 cm³/mol. The maximum absolute atomic E-state index is 11.9. The van der Waals surface area contributed by atoms with Crippen LogP contribution < -0.4 is 5.32 Å². The first-order chi connectivity index (χ1) is 8.63. The van der Waals surface area contributed by atoms with Gasteiger partial charge in [-0.1, -0.05) is 19.1 Å². The molecule has 0 saturated carbocycles. The number of nitrogens with one attached hydrogen (secondary N) is 1. The van der Waals surface area contributed by atoms with Crippen molar-refractivity contribution in [3.8, 4) is 0 Å². The molecule has 1 heterocycles. The molecule has 1 saturated heterocycles. The van der Waals surface area contributed by atoms with Crippen LogP contribution in [0.1, 0.15) is 29.3 Å². The van der Waals surface area contributed by atoms with Gasteiger partial charge in [0.1, 0.15) is 5.60 Å². The molecule has 4 nitrogen and oxygen atoms in total. The summed E-state index contributed by atoms with van der Waals surface area (Å²) in [5.41, 5.74) is 0.919. The standard InChI is InChI=1S/C14H19NO3/c1-2-11-3-5-12(6-4-11)13(16)15-9-14(17)7-8-18-10-14/h3-6,17H,2,7-10H2,1H3,(H,15,16). The molecule has 1 amide bonds. The summed E-state index contributed by atoms with van der Waals surface area (Å²) in [5, 5.41) is 12.8. The van der Waals surface area contributed by atoms with Gasteiger partial charge in [-0.2, -0.15) is 0 Å². The smallest absolute Gasteiger partial charge is 0.251 e. The molecule has 1 aliphatic heterocycles. The van der Waals surface area contributed by atoms with E-state index >= 15 is 0 Å². The molecule has 1 aliphatic rings. The van der Waals surface area contributed by atoms with Crippen molar-refractivity contribution in [1.82, 2.24) is 5.32 Å². The van der Waals surface area contributed by atoms with Crippen molar-refractivity contribution in [3.63, 3.8) is 0 Å². The molecule has 2 rings (SSSR count).